The Labute approximate surface area is 174 Å². The number of urea groups is 1. The second-order valence-corrected chi connectivity index (χ2v) is 7.47. The molecule has 152 valence electrons. The van der Waals surface area contributed by atoms with Crippen LogP contribution in [0, 0.1) is 6.92 Å². The van der Waals surface area contributed by atoms with Gasteiger partial charge in [0.05, 0.1) is 7.11 Å². The Morgan fingerprint density at radius 2 is 1.90 bits per heavy atom. The number of hydrogen-bond donors (Lipinski definition) is 2. The Hall–Kier alpha value is -3.06. The molecule has 1 heterocycles. The van der Waals surface area contributed by atoms with Crippen molar-refractivity contribution >= 4 is 29.4 Å². The van der Waals surface area contributed by atoms with Crippen LogP contribution < -0.4 is 15.4 Å². The van der Waals surface area contributed by atoms with Gasteiger partial charge in [-0.1, -0.05) is 29.8 Å². The Morgan fingerprint density at radius 3 is 2.52 bits per heavy atom. The normalized spacial score (nSPS) is 18.6. The topological polar surface area (TPSA) is 87.7 Å². The highest BCUT2D eigenvalue weighted by Gasteiger charge is 2.49. The van der Waals surface area contributed by atoms with Crippen molar-refractivity contribution in [2.75, 3.05) is 13.7 Å². The minimum absolute atomic E-state index is 0.272. The zero-order valence-corrected chi connectivity index (χ0v) is 17.2. The summed E-state index contributed by atoms with van der Waals surface area (Å²) < 4.78 is 5.24. The summed E-state index contributed by atoms with van der Waals surface area (Å²) in [7, 11) is 1.57. The highest BCUT2D eigenvalue weighted by Crippen LogP contribution is 2.31. The monoisotopic (exact) mass is 415 g/mol. The van der Waals surface area contributed by atoms with Crippen molar-refractivity contribution in [2.24, 2.45) is 0 Å². The lowest BCUT2D eigenvalue weighted by molar-refractivity contribution is -0.134. The van der Waals surface area contributed by atoms with E-state index in [1.807, 2.05) is 6.92 Å². The van der Waals surface area contributed by atoms with Crippen LogP contribution in [0.15, 0.2) is 42.5 Å². The minimum Gasteiger partial charge on any atom is -0.496 e. The lowest BCUT2D eigenvalue weighted by Gasteiger charge is -2.23. The molecule has 1 saturated heterocycles. The molecule has 4 amide bonds. The van der Waals surface area contributed by atoms with E-state index in [0.29, 0.717) is 16.3 Å². The molecule has 2 aromatic carbocycles. The Bertz CT molecular complexity index is 961. The number of halogens is 1. The van der Waals surface area contributed by atoms with Crippen LogP contribution in [-0.4, -0.2) is 36.4 Å². The molecule has 8 heteroatoms. The first-order valence-electron chi connectivity index (χ1n) is 9.05. The average molecular weight is 416 g/mol. The smallest absolute Gasteiger partial charge is 0.325 e. The van der Waals surface area contributed by atoms with Crippen LogP contribution in [0.25, 0.3) is 0 Å². The van der Waals surface area contributed by atoms with Crippen LogP contribution in [0.3, 0.4) is 0 Å². The molecule has 1 unspecified atom stereocenters. The van der Waals surface area contributed by atoms with Gasteiger partial charge in [-0.15, -0.1) is 0 Å². The van der Waals surface area contributed by atoms with Crippen LogP contribution in [0.1, 0.15) is 23.6 Å². The van der Waals surface area contributed by atoms with Gasteiger partial charge in [0.2, 0.25) is 5.91 Å². The largest absolute Gasteiger partial charge is 0.496 e. The molecule has 0 saturated carbocycles. The number of carbonyl (C=O) groups excluding carboxylic acids is 3. The summed E-state index contributed by atoms with van der Waals surface area (Å²) in [5.74, 6) is -0.222. The molecule has 1 atom stereocenters. The third-order valence-corrected chi connectivity index (χ3v) is 5.20. The molecule has 0 radical (unpaired) electrons. The SMILES string of the molecule is COc1ccc(C2(C)NC(=O)N(CC(=O)NCc3ccc(Cl)cc3)C2=O)cc1C. The zero-order chi connectivity index (χ0) is 21.2. The molecule has 7 nitrogen and oxygen atoms in total. The summed E-state index contributed by atoms with van der Waals surface area (Å²) in [5.41, 5.74) is 1.08. The molecular formula is C21H22ClN3O4. The minimum atomic E-state index is -1.25. The second kappa shape index (κ2) is 8.13. The van der Waals surface area contributed by atoms with Gasteiger partial charge in [-0.05, 0) is 54.8 Å². The molecule has 0 aromatic heterocycles. The standard InChI is InChI=1S/C21H22ClN3O4/c1-13-10-15(6-9-17(13)29-3)21(2)19(27)25(20(28)24-21)12-18(26)23-11-14-4-7-16(22)8-5-14/h4-10H,11-12H2,1-3H3,(H,23,26)(H,24,28). The van der Waals surface area contributed by atoms with Crippen molar-refractivity contribution in [1.82, 2.24) is 15.5 Å². The molecule has 0 spiro atoms. The van der Waals surface area contributed by atoms with Crippen molar-refractivity contribution in [1.29, 1.82) is 0 Å². The number of nitrogens with one attached hydrogen (secondary N) is 2. The maximum Gasteiger partial charge on any atom is 0.325 e. The molecule has 2 N–H and O–H groups in total. The van der Waals surface area contributed by atoms with Gasteiger partial charge >= 0.3 is 6.03 Å². The lowest BCUT2D eigenvalue weighted by atomic mass is 9.90. The zero-order valence-electron chi connectivity index (χ0n) is 16.4. The molecule has 3 rings (SSSR count). The number of nitrogens with zero attached hydrogens (tertiary/aromatic N) is 1. The maximum absolute atomic E-state index is 13.0. The maximum atomic E-state index is 13.0. The number of amides is 4. The van der Waals surface area contributed by atoms with E-state index < -0.39 is 23.4 Å². The Morgan fingerprint density at radius 1 is 1.21 bits per heavy atom. The van der Waals surface area contributed by atoms with Crippen molar-refractivity contribution in [3.8, 4) is 5.75 Å². The van der Waals surface area contributed by atoms with E-state index >= 15 is 0 Å². The van der Waals surface area contributed by atoms with Crippen molar-refractivity contribution in [3.05, 3.63) is 64.2 Å². The fourth-order valence-electron chi connectivity index (χ4n) is 3.23. The van der Waals surface area contributed by atoms with Crippen molar-refractivity contribution < 1.29 is 19.1 Å². The summed E-state index contributed by atoms with van der Waals surface area (Å²) in [6.07, 6.45) is 0. The Kier molecular flexibility index (Phi) is 5.79. The first kappa shape index (κ1) is 20.7. The summed E-state index contributed by atoms with van der Waals surface area (Å²) in [6.45, 7) is 3.40. The van der Waals surface area contributed by atoms with Crippen LogP contribution in [0.2, 0.25) is 5.02 Å². The van der Waals surface area contributed by atoms with Crippen LogP contribution >= 0.6 is 11.6 Å². The molecule has 1 aliphatic heterocycles. The summed E-state index contributed by atoms with van der Waals surface area (Å²) in [4.78, 5) is 38.6. The number of hydrogen-bond acceptors (Lipinski definition) is 4. The Balaban J connectivity index is 1.68. The predicted molar refractivity (Wildman–Crippen MR) is 109 cm³/mol. The van der Waals surface area contributed by atoms with Gasteiger partial charge in [-0.25, -0.2) is 4.79 Å². The van der Waals surface area contributed by atoms with Crippen molar-refractivity contribution in [2.45, 2.75) is 25.9 Å². The molecule has 29 heavy (non-hydrogen) atoms. The van der Waals surface area contributed by atoms with Crippen LogP contribution in [0.5, 0.6) is 5.75 Å². The number of methoxy groups -OCH3 is 1. The molecule has 0 aliphatic carbocycles. The van der Waals surface area contributed by atoms with E-state index in [1.54, 1.807) is 56.5 Å². The molecule has 1 aliphatic rings. The number of rotatable bonds is 6. The van der Waals surface area contributed by atoms with E-state index in [0.717, 1.165) is 16.0 Å². The first-order valence-corrected chi connectivity index (χ1v) is 9.43. The van der Waals surface area contributed by atoms with Crippen molar-refractivity contribution in [3.63, 3.8) is 0 Å². The van der Waals surface area contributed by atoms with E-state index in [9.17, 15) is 14.4 Å². The number of carbonyl (C=O) groups is 3. The number of ether oxygens (including phenoxy) is 1. The van der Waals surface area contributed by atoms with E-state index in [4.69, 9.17) is 16.3 Å². The third kappa shape index (κ3) is 4.19. The predicted octanol–water partition coefficient (Wildman–Crippen LogP) is 2.74. The van der Waals surface area contributed by atoms with E-state index in [2.05, 4.69) is 10.6 Å². The van der Waals surface area contributed by atoms with Gasteiger partial charge in [0.1, 0.15) is 17.8 Å². The number of imide groups is 1. The quantitative estimate of drug-likeness (QED) is 0.710. The third-order valence-electron chi connectivity index (χ3n) is 4.95. The lowest BCUT2D eigenvalue weighted by Crippen LogP contribution is -2.43. The van der Waals surface area contributed by atoms with E-state index in [1.165, 1.54) is 0 Å². The van der Waals surface area contributed by atoms with Gasteiger partial charge in [0.15, 0.2) is 0 Å². The highest BCUT2D eigenvalue weighted by molar-refractivity contribution is 6.30. The fraction of sp³-hybridized carbons (Fsp3) is 0.286. The van der Waals surface area contributed by atoms with Crippen LogP contribution in [0.4, 0.5) is 4.79 Å². The number of aryl methyl sites for hydroxylation is 1. The van der Waals surface area contributed by atoms with Gasteiger partial charge in [-0.3, -0.25) is 14.5 Å². The molecule has 1 fully saturated rings. The van der Waals surface area contributed by atoms with Crippen LogP contribution in [-0.2, 0) is 21.7 Å². The van der Waals surface area contributed by atoms with Gasteiger partial charge < -0.3 is 15.4 Å². The molecule has 0 bridgehead atoms. The summed E-state index contributed by atoms with van der Waals surface area (Å²) in [6, 6.07) is 11.7. The average Bonchev–Trinajstić information content (AvgIpc) is 2.91. The second-order valence-electron chi connectivity index (χ2n) is 7.03. The summed E-state index contributed by atoms with van der Waals surface area (Å²) >= 11 is 5.84. The fourth-order valence-corrected chi connectivity index (χ4v) is 3.35. The number of benzene rings is 2. The molecule has 2 aromatic rings. The first-order chi connectivity index (χ1) is 13.7. The summed E-state index contributed by atoms with van der Waals surface area (Å²) in [5, 5.41) is 6.01. The van der Waals surface area contributed by atoms with Gasteiger partial charge in [0, 0.05) is 11.6 Å². The van der Waals surface area contributed by atoms with E-state index in [-0.39, 0.29) is 13.1 Å². The van der Waals surface area contributed by atoms with Gasteiger partial charge in [0.25, 0.3) is 5.91 Å². The highest BCUT2D eigenvalue weighted by atomic mass is 35.5. The van der Waals surface area contributed by atoms with Gasteiger partial charge in [-0.2, -0.15) is 0 Å². The molecular weight excluding hydrogens is 394 g/mol.